The molecule has 0 amide bonds. The standard InChI is InChI=1S/C22H26N4O2S/c1-16(2)14-28-20-11-10-19(12-21(20)27-4)13-23-26-17(3)24-25-22(26)29-15-18-8-6-5-7-9-18/h5-13,16H,14-15H2,1-4H3/b23-13-. The van der Waals surface area contributed by atoms with Gasteiger partial charge in [0.25, 0.3) is 0 Å². The van der Waals surface area contributed by atoms with Crippen LogP contribution in [0.5, 0.6) is 11.5 Å². The summed E-state index contributed by atoms with van der Waals surface area (Å²) in [6, 6.07) is 16.1. The summed E-state index contributed by atoms with van der Waals surface area (Å²) in [7, 11) is 1.64. The predicted molar refractivity (Wildman–Crippen MR) is 117 cm³/mol. The number of ether oxygens (including phenoxy) is 2. The molecule has 0 aliphatic carbocycles. The van der Waals surface area contributed by atoms with Crippen molar-refractivity contribution < 1.29 is 9.47 Å². The largest absolute Gasteiger partial charge is 0.493 e. The Labute approximate surface area is 176 Å². The smallest absolute Gasteiger partial charge is 0.212 e. The fraction of sp³-hybridized carbons (Fsp3) is 0.318. The highest BCUT2D eigenvalue weighted by atomic mass is 32.2. The summed E-state index contributed by atoms with van der Waals surface area (Å²) in [6.45, 7) is 6.76. The third-order valence-corrected chi connectivity index (χ3v) is 5.05. The Balaban J connectivity index is 1.73. The molecule has 3 aromatic rings. The van der Waals surface area contributed by atoms with E-state index in [0.29, 0.717) is 18.3 Å². The van der Waals surface area contributed by atoms with Gasteiger partial charge in [-0.25, -0.2) is 0 Å². The van der Waals surface area contributed by atoms with Crippen molar-refractivity contribution in [2.24, 2.45) is 11.0 Å². The number of hydrogen-bond donors (Lipinski definition) is 0. The van der Waals surface area contributed by atoms with Gasteiger partial charge in [-0.2, -0.15) is 9.78 Å². The maximum absolute atomic E-state index is 5.81. The Kier molecular flexibility index (Phi) is 7.30. The van der Waals surface area contributed by atoms with Gasteiger partial charge in [0.15, 0.2) is 17.3 Å². The minimum absolute atomic E-state index is 0.449. The molecule has 29 heavy (non-hydrogen) atoms. The van der Waals surface area contributed by atoms with Crippen molar-refractivity contribution >= 4 is 18.0 Å². The number of benzene rings is 2. The zero-order valence-electron chi connectivity index (χ0n) is 17.2. The average Bonchev–Trinajstić information content (AvgIpc) is 3.09. The van der Waals surface area contributed by atoms with E-state index < -0.39 is 0 Å². The molecule has 1 heterocycles. The third kappa shape index (κ3) is 5.84. The summed E-state index contributed by atoms with van der Waals surface area (Å²) in [5.41, 5.74) is 2.14. The molecule has 7 heteroatoms. The molecule has 0 saturated carbocycles. The first kappa shape index (κ1) is 20.9. The van der Waals surface area contributed by atoms with E-state index in [1.807, 2.05) is 43.3 Å². The molecular weight excluding hydrogens is 384 g/mol. The SMILES string of the molecule is COc1cc(/C=N\n2c(C)nnc2SCc2ccccc2)ccc1OCC(C)C. The van der Waals surface area contributed by atoms with Crippen LogP contribution in [0.3, 0.4) is 0 Å². The Bertz CT molecular complexity index is 955. The van der Waals surface area contributed by atoms with Crippen molar-refractivity contribution in [2.75, 3.05) is 13.7 Å². The summed E-state index contributed by atoms with van der Waals surface area (Å²) in [5, 5.41) is 13.7. The first-order chi connectivity index (χ1) is 14.1. The van der Waals surface area contributed by atoms with Crippen LogP contribution >= 0.6 is 11.8 Å². The number of thioether (sulfide) groups is 1. The van der Waals surface area contributed by atoms with Crippen LogP contribution in [-0.2, 0) is 5.75 Å². The first-order valence-electron chi connectivity index (χ1n) is 9.50. The third-order valence-electron chi connectivity index (χ3n) is 4.06. The van der Waals surface area contributed by atoms with Gasteiger partial charge in [-0.05, 0) is 42.2 Å². The van der Waals surface area contributed by atoms with E-state index >= 15 is 0 Å². The topological polar surface area (TPSA) is 61.5 Å². The van der Waals surface area contributed by atoms with Crippen LogP contribution in [0.1, 0.15) is 30.8 Å². The normalized spacial score (nSPS) is 11.3. The molecule has 0 aliphatic heterocycles. The molecule has 3 rings (SSSR count). The van der Waals surface area contributed by atoms with Gasteiger partial charge in [-0.3, -0.25) is 0 Å². The number of rotatable bonds is 9. The number of aryl methyl sites for hydroxylation is 1. The van der Waals surface area contributed by atoms with Gasteiger partial charge in [-0.1, -0.05) is 55.9 Å². The van der Waals surface area contributed by atoms with Crippen LogP contribution in [0, 0.1) is 12.8 Å². The number of nitrogens with zero attached hydrogens (tertiary/aromatic N) is 4. The van der Waals surface area contributed by atoms with Crippen molar-refractivity contribution in [2.45, 2.75) is 31.7 Å². The van der Waals surface area contributed by atoms with Crippen LogP contribution in [-0.4, -0.2) is 34.8 Å². The molecule has 0 unspecified atom stereocenters. The average molecular weight is 411 g/mol. The van der Waals surface area contributed by atoms with Crippen LogP contribution < -0.4 is 9.47 Å². The van der Waals surface area contributed by atoms with Gasteiger partial charge >= 0.3 is 0 Å². The quantitative estimate of drug-likeness (QED) is 0.374. The summed E-state index contributed by atoms with van der Waals surface area (Å²) in [5.74, 6) is 3.42. The predicted octanol–water partition coefficient (Wildman–Crippen LogP) is 4.80. The first-order valence-corrected chi connectivity index (χ1v) is 10.5. The van der Waals surface area contributed by atoms with Gasteiger partial charge in [0.2, 0.25) is 5.16 Å². The molecular formula is C22H26N4O2S. The highest BCUT2D eigenvalue weighted by Gasteiger charge is 2.10. The molecule has 6 nitrogen and oxygen atoms in total. The highest BCUT2D eigenvalue weighted by Crippen LogP contribution is 2.28. The fourth-order valence-electron chi connectivity index (χ4n) is 2.55. The Morgan fingerprint density at radius 2 is 1.90 bits per heavy atom. The van der Waals surface area contributed by atoms with E-state index in [1.165, 1.54) is 5.56 Å². The second-order valence-corrected chi connectivity index (χ2v) is 7.92. The second kappa shape index (κ2) is 10.1. The number of methoxy groups -OCH3 is 1. The van der Waals surface area contributed by atoms with Crippen LogP contribution in [0.4, 0.5) is 0 Å². The Morgan fingerprint density at radius 1 is 1.10 bits per heavy atom. The molecule has 0 N–H and O–H groups in total. The maximum Gasteiger partial charge on any atom is 0.212 e. The number of hydrogen-bond acceptors (Lipinski definition) is 6. The molecule has 0 aliphatic rings. The van der Waals surface area contributed by atoms with E-state index in [2.05, 4.69) is 41.3 Å². The van der Waals surface area contributed by atoms with Gasteiger partial charge in [0.1, 0.15) is 0 Å². The van der Waals surface area contributed by atoms with Crippen LogP contribution in [0.25, 0.3) is 0 Å². The lowest BCUT2D eigenvalue weighted by molar-refractivity contribution is 0.257. The Morgan fingerprint density at radius 3 is 2.62 bits per heavy atom. The van der Waals surface area contributed by atoms with Crippen LogP contribution in [0.15, 0.2) is 58.8 Å². The molecule has 0 atom stereocenters. The minimum atomic E-state index is 0.449. The molecule has 0 spiro atoms. The molecule has 0 saturated heterocycles. The lowest BCUT2D eigenvalue weighted by Gasteiger charge is -2.12. The lowest BCUT2D eigenvalue weighted by Crippen LogP contribution is -2.05. The molecule has 0 radical (unpaired) electrons. The summed E-state index contributed by atoms with van der Waals surface area (Å²) < 4.78 is 13.0. The van der Waals surface area contributed by atoms with Crippen molar-refractivity contribution in [1.29, 1.82) is 0 Å². The number of aromatic nitrogens is 3. The van der Waals surface area contributed by atoms with E-state index in [9.17, 15) is 0 Å². The summed E-state index contributed by atoms with van der Waals surface area (Å²) in [6.07, 6.45) is 1.78. The monoisotopic (exact) mass is 410 g/mol. The van der Waals surface area contributed by atoms with E-state index in [0.717, 1.165) is 28.0 Å². The van der Waals surface area contributed by atoms with Gasteiger partial charge in [0.05, 0.1) is 19.9 Å². The maximum atomic E-state index is 5.81. The van der Waals surface area contributed by atoms with Crippen LogP contribution in [0.2, 0.25) is 0 Å². The zero-order valence-corrected chi connectivity index (χ0v) is 18.0. The van der Waals surface area contributed by atoms with E-state index in [1.54, 1.807) is 29.8 Å². The van der Waals surface area contributed by atoms with Crippen molar-refractivity contribution in [3.05, 3.63) is 65.5 Å². The molecule has 0 bridgehead atoms. The zero-order chi connectivity index (χ0) is 20.6. The van der Waals surface area contributed by atoms with E-state index in [-0.39, 0.29) is 0 Å². The van der Waals surface area contributed by atoms with Crippen molar-refractivity contribution in [3.63, 3.8) is 0 Å². The minimum Gasteiger partial charge on any atom is -0.493 e. The second-order valence-electron chi connectivity index (χ2n) is 6.98. The van der Waals surface area contributed by atoms with Gasteiger partial charge in [-0.15, -0.1) is 10.2 Å². The molecule has 152 valence electrons. The van der Waals surface area contributed by atoms with E-state index in [4.69, 9.17) is 9.47 Å². The summed E-state index contributed by atoms with van der Waals surface area (Å²) in [4.78, 5) is 0. The highest BCUT2D eigenvalue weighted by molar-refractivity contribution is 7.98. The molecule has 0 fully saturated rings. The molecule has 2 aromatic carbocycles. The van der Waals surface area contributed by atoms with Crippen molar-refractivity contribution in [1.82, 2.24) is 14.9 Å². The molecule has 1 aromatic heterocycles. The fourth-order valence-corrected chi connectivity index (χ4v) is 3.44. The summed E-state index contributed by atoms with van der Waals surface area (Å²) >= 11 is 1.61. The lowest BCUT2D eigenvalue weighted by atomic mass is 10.2. The Hall–Kier alpha value is -2.80. The van der Waals surface area contributed by atoms with Crippen molar-refractivity contribution in [3.8, 4) is 11.5 Å². The van der Waals surface area contributed by atoms with Gasteiger partial charge < -0.3 is 9.47 Å². The van der Waals surface area contributed by atoms with Gasteiger partial charge in [0, 0.05) is 5.75 Å².